The molecule has 20 heavy (non-hydrogen) atoms. The number of nitrogens with one attached hydrogen (secondary N) is 1. The number of rotatable bonds is 6. The average Bonchev–Trinajstić information content (AvgIpc) is 2.47. The van der Waals surface area contributed by atoms with Crippen LogP contribution in [0.25, 0.3) is 0 Å². The quantitative estimate of drug-likeness (QED) is 0.485. The first-order valence-electron chi connectivity index (χ1n) is 6.88. The van der Waals surface area contributed by atoms with Gasteiger partial charge < -0.3 is 0 Å². The van der Waals surface area contributed by atoms with Gasteiger partial charge in [-0.05, 0) is 38.0 Å². The number of hydrogen-bond acceptors (Lipinski definition) is 3. The Morgan fingerprint density at radius 3 is 2.05 bits per heavy atom. The Kier molecular flexibility index (Phi) is 5.65. The van der Waals surface area contributed by atoms with Crippen LogP contribution < -0.4 is 11.3 Å². The second kappa shape index (κ2) is 7.48. The van der Waals surface area contributed by atoms with Crippen molar-refractivity contribution in [2.45, 2.75) is 31.2 Å². The molecule has 0 aliphatic carbocycles. The van der Waals surface area contributed by atoms with Gasteiger partial charge in [-0.15, -0.1) is 11.8 Å². The molecule has 0 heterocycles. The topological polar surface area (TPSA) is 38.0 Å². The van der Waals surface area contributed by atoms with Gasteiger partial charge in [-0.25, -0.2) is 0 Å². The van der Waals surface area contributed by atoms with Crippen LogP contribution in [-0.2, 0) is 6.42 Å². The number of hydrazine groups is 1. The van der Waals surface area contributed by atoms with E-state index in [4.69, 9.17) is 5.84 Å². The third-order valence-electron chi connectivity index (χ3n) is 3.31. The van der Waals surface area contributed by atoms with E-state index in [1.807, 2.05) is 11.8 Å². The lowest BCUT2D eigenvalue weighted by atomic mass is 10.1. The molecule has 0 aliphatic heterocycles. The first-order chi connectivity index (χ1) is 9.67. The van der Waals surface area contributed by atoms with E-state index in [-0.39, 0.29) is 6.04 Å². The molecule has 0 fully saturated rings. The van der Waals surface area contributed by atoms with Gasteiger partial charge in [0.25, 0.3) is 0 Å². The Morgan fingerprint density at radius 2 is 1.50 bits per heavy atom. The van der Waals surface area contributed by atoms with Gasteiger partial charge in [0.05, 0.1) is 0 Å². The highest BCUT2D eigenvalue weighted by Gasteiger charge is 2.08. The second-order valence-corrected chi connectivity index (χ2v) is 6.27. The molecule has 0 saturated carbocycles. The van der Waals surface area contributed by atoms with Crippen molar-refractivity contribution >= 4 is 11.8 Å². The van der Waals surface area contributed by atoms with Crippen molar-refractivity contribution in [1.82, 2.24) is 5.43 Å². The summed E-state index contributed by atoms with van der Waals surface area (Å²) < 4.78 is 0. The van der Waals surface area contributed by atoms with E-state index >= 15 is 0 Å². The number of thioether (sulfide) groups is 1. The fraction of sp³-hybridized carbons (Fsp3) is 0.294. The van der Waals surface area contributed by atoms with E-state index in [0.29, 0.717) is 0 Å². The maximum absolute atomic E-state index is 5.68. The van der Waals surface area contributed by atoms with Crippen molar-refractivity contribution in [3.05, 3.63) is 65.2 Å². The minimum Gasteiger partial charge on any atom is -0.271 e. The molecule has 1 unspecified atom stereocenters. The first-order valence-corrected chi connectivity index (χ1v) is 7.87. The summed E-state index contributed by atoms with van der Waals surface area (Å²) in [6.45, 7) is 4.21. The molecule has 0 aliphatic rings. The number of nitrogens with two attached hydrogens (primary N) is 1. The van der Waals surface area contributed by atoms with Crippen LogP contribution in [-0.4, -0.2) is 11.8 Å². The van der Waals surface area contributed by atoms with Gasteiger partial charge in [0.1, 0.15) is 0 Å². The van der Waals surface area contributed by atoms with Gasteiger partial charge >= 0.3 is 0 Å². The smallest absolute Gasteiger partial charge is 0.0344 e. The van der Waals surface area contributed by atoms with Gasteiger partial charge in [-0.1, -0.05) is 47.5 Å². The van der Waals surface area contributed by atoms with Gasteiger partial charge in [0.2, 0.25) is 0 Å². The highest BCUT2D eigenvalue weighted by Crippen LogP contribution is 2.20. The van der Waals surface area contributed by atoms with Crippen LogP contribution in [0.5, 0.6) is 0 Å². The van der Waals surface area contributed by atoms with Crippen molar-refractivity contribution < 1.29 is 0 Å². The highest BCUT2D eigenvalue weighted by atomic mass is 32.2. The molecule has 0 saturated heterocycles. The van der Waals surface area contributed by atoms with Crippen LogP contribution >= 0.6 is 11.8 Å². The average molecular weight is 286 g/mol. The van der Waals surface area contributed by atoms with Crippen molar-refractivity contribution in [3.63, 3.8) is 0 Å². The van der Waals surface area contributed by atoms with Crippen LogP contribution in [0.2, 0.25) is 0 Å². The van der Waals surface area contributed by atoms with Crippen molar-refractivity contribution in [1.29, 1.82) is 0 Å². The van der Waals surface area contributed by atoms with E-state index in [9.17, 15) is 0 Å². The van der Waals surface area contributed by atoms with Crippen LogP contribution in [0.3, 0.4) is 0 Å². The summed E-state index contributed by atoms with van der Waals surface area (Å²) in [5, 5.41) is 0. The van der Waals surface area contributed by atoms with E-state index in [1.165, 1.54) is 21.6 Å². The van der Waals surface area contributed by atoms with Crippen molar-refractivity contribution in [2.24, 2.45) is 5.84 Å². The van der Waals surface area contributed by atoms with E-state index < -0.39 is 0 Å². The predicted molar refractivity (Wildman–Crippen MR) is 87.9 cm³/mol. The minimum absolute atomic E-state index is 0.281. The molecule has 2 rings (SSSR count). The Labute approximate surface area is 125 Å². The second-order valence-electron chi connectivity index (χ2n) is 5.18. The number of hydrogen-bond donors (Lipinski definition) is 2. The molecule has 2 aromatic rings. The Balaban J connectivity index is 1.88. The minimum atomic E-state index is 0.281. The predicted octanol–water partition coefficient (Wildman–Crippen LogP) is 3.47. The zero-order valence-corrected chi connectivity index (χ0v) is 12.9. The molecule has 106 valence electrons. The maximum atomic E-state index is 5.68. The van der Waals surface area contributed by atoms with E-state index in [2.05, 4.69) is 67.8 Å². The largest absolute Gasteiger partial charge is 0.271 e. The summed E-state index contributed by atoms with van der Waals surface area (Å²) in [6, 6.07) is 17.6. The van der Waals surface area contributed by atoms with Gasteiger partial charge in [-0.3, -0.25) is 11.3 Å². The van der Waals surface area contributed by atoms with Gasteiger partial charge in [0.15, 0.2) is 0 Å². The summed E-state index contributed by atoms with van der Waals surface area (Å²) in [5.41, 5.74) is 6.83. The first kappa shape index (κ1) is 15.1. The van der Waals surface area contributed by atoms with Crippen LogP contribution in [0.15, 0.2) is 53.4 Å². The Morgan fingerprint density at radius 1 is 0.950 bits per heavy atom. The number of benzene rings is 2. The van der Waals surface area contributed by atoms with Crippen molar-refractivity contribution in [2.75, 3.05) is 5.75 Å². The summed E-state index contributed by atoms with van der Waals surface area (Å²) >= 11 is 1.84. The standard InChI is InChI=1S/C17H22N2S/c1-13-3-7-15(8-4-13)11-16(19-18)12-20-17-9-5-14(2)6-10-17/h3-10,16,19H,11-12,18H2,1-2H3. The normalized spacial score (nSPS) is 12.3. The van der Waals surface area contributed by atoms with Gasteiger partial charge in [0, 0.05) is 16.7 Å². The molecular weight excluding hydrogens is 264 g/mol. The molecule has 0 bridgehead atoms. The fourth-order valence-electron chi connectivity index (χ4n) is 2.01. The van der Waals surface area contributed by atoms with E-state index in [0.717, 1.165) is 12.2 Å². The third kappa shape index (κ3) is 4.67. The van der Waals surface area contributed by atoms with Crippen LogP contribution in [0.4, 0.5) is 0 Å². The lowest BCUT2D eigenvalue weighted by Gasteiger charge is -2.15. The molecule has 2 aromatic carbocycles. The summed E-state index contributed by atoms with van der Waals surface area (Å²) in [4.78, 5) is 1.29. The maximum Gasteiger partial charge on any atom is 0.0344 e. The molecule has 3 heteroatoms. The van der Waals surface area contributed by atoms with Gasteiger partial charge in [-0.2, -0.15) is 0 Å². The molecular formula is C17H22N2S. The van der Waals surface area contributed by atoms with Crippen LogP contribution in [0, 0.1) is 13.8 Å². The molecule has 0 aromatic heterocycles. The Hall–Kier alpha value is -1.29. The monoisotopic (exact) mass is 286 g/mol. The molecule has 0 amide bonds. The molecule has 0 radical (unpaired) electrons. The number of aryl methyl sites for hydroxylation is 2. The Bertz CT molecular complexity index is 520. The summed E-state index contributed by atoms with van der Waals surface area (Å²) in [7, 11) is 0. The molecule has 2 nitrogen and oxygen atoms in total. The highest BCUT2D eigenvalue weighted by molar-refractivity contribution is 7.99. The lowest BCUT2D eigenvalue weighted by Crippen LogP contribution is -2.38. The SMILES string of the molecule is Cc1ccc(CC(CSc2ccc(C)cc2)NN)cc1. The van der Waals surface area contributed by atoms with E-state index in [1.54, 1.807) is 0 Å². The van der Waals surface area contributed by atoms with Crippen LogP contribution in [0.1, 0.15) is 16.7 Å². The molecule has 1 atom stereocenters. The third-order valence-corrected chi connectivity index (χ3v) is 4.49. The summed E-state index contributed by atoms with van der Waals surface area (Å²) in [5.74, 6) is 6.64. The fourth-order valence-corrected chi connectivity index (χ4v) is 2.94. The van der Waals surface area contributed by atoms with Crippen molar-refractivity contribution in [3.8, 4) is 0 Å². The summed E-state index contributed by atoms with van der Waals surface area (Å²) in [6.07, 6.45) is 0.954. The lowest BCUT2D eigenvalue weighted by molar-refractivity contribution is 0.575. The zero-order valence-electron chi connectivity index (χ0n) is 12.1. The molecule has 0 spiro atoms. The zero-order chi connectivity index (χ0) is 14.4. The molecule has 3 N–H and O–H groups in total.